The molecule has 0 saturated heterocycles. The van der Waals surface area contributed by atoms with E-state index in [0.717, 1.165) is 15.6 Å². The fourth-order valence-corrected chi connectivity index (χ4v) is 6.96. The molecule has 218 valence electrons. The number of amides is 2. The summed E-state index contributed by atoms with van der Waals surface area (Å²) in [5, 5.41) is 28.3. The number of nitriles is 1. The Balaban J connectivity index is 1.59. The van der Waals surface area contributed by atoms with E-state index in [-0.39, 0.29) is 39.9 Å². The molecule has 0 fully saturated rings. The fourth-order valence-electron chi connectivity index (χ4n) is 4.35. The predicted molar refractivity (Wildman–Crippen MR) is 176 cm³/mol. The molecule has 43 heavy (non-hydrogen) atoms. The molecule has 11 nitrogen and oxygen atoms in total. The van der Waals surface area contributed by atoms with Crippen molar-refractivity contribution in [3.8, 4) is 11.9 Å². The predicted octanol–water partition coefficient (Wildman–Crippen LogP) is 6.56. The molecule has 2 aromatic carbocycles. The minimum atomic E-state index is -0.686. The number of fused-ring (bicyclic) bond motifs is 1. The summed E-state index contributed by atoms with van der Waals surface area (Å²) in [6.45, 7) is 1.86. The van der Waals surface area contributed by atoms with Crippen molar-refractivity contribution in [2.45, 2.75) is 15.6 Å². The van der Waals surface area contributed by atoms with Crippen molar-refractivity contribution in [1.29, 1.82) is 5.26 Å². The minimum absolute atomic E-state index is 0.107. The van der Waals surface area contributed by atoms with E-state index in [1.54, 1.807) is 35.9 Å². The zero-order valence-electron chi connectivity index (χ0n) is 22.2. The topological polar surface area (TPSA) is 143 Å². The van der Waals surface area contributed by atoms with Gasteiger partial charge in [-0.3, -0.25) is 9.59 Å². The van der Waals surface area contributed by atoms with Gasteiger partial charge in [-0.1, -0.05) is 80.5 Å². The van der Waals surface area contributed by atoms with Crippen LogP contribution in [0.25, 0.3) is 16.9 Å². The summed E-state index contributed by atoms with van der Waals surface area (Å²) in [5.41, 5.74) is 4.01. The van der Waals surface area contributed by atoms with E-state index in [2.05, 4.69) is 94.7 Å². The van der Waals surface area contributed by atoms with E-state index >= 15 is 0 Å². The normalized spacial score (nSPS) is 11.4. The van der Waals surface area contributed by atoms with Crippen LogP contribution in [-0.2, 0) is 8.69 Å². The smallest absolute Gasteiger partial charge is 0.274 e. The molecule has 0 aliphatic carbocycles. The van der Waals surface area contributed by atoms with Crippen molar-refractivity contribution < 1.29 is 9.59 Å². The van der Waals surface area contributed by atoms with Gasteiger partial charge in [0, 0.05) is 23.3 Å². The van der Waals surface area contributed by atoms with Gasteiger partial charge in [-0.25, -0.2) is 14.3 Å². The minimum Gasteiger partial charge on any atom is -0.355 e. The Labute approximate surface area is 283 Å². The molecule has 0 unspecified atom stereocenters. The van der Waals surface area contributed by atoms with Gasteiger partial charge in [-0.05, 0) is 55.0 Å². The van der Waals surface area contributed by atoms with Crippen LogP contribution in [-0.4, -0.2) is 48.6 Å². The van der Waals surface area contributed by atoms with Gasteiger partial charge < -0.3 is 10.6 Å². The van der Waals surface area contributed by atoms with Crippen LogP contribution in [0, 0.1) is 18.3 Å². The van der Waals surface area contributed by atoms with Crippen molar-refractivity contribution in [1.82, 2.24) is 35.1 Å². The van der Waals surface area contributed by atoms with Crippen LogP contribution in [0.1, 0.15) is 43.2 Å². The van der Waals surface area contributed by atoms with Crippen LogP contribution < -0.4 is 10.6 Å². The monoisotopic (exact) mass is 851 g/mol. The summed E-state index contributed by atoms with van der Waals surface area (Å²) in [7, 11) is 1.47. The van der Waals surface area contributed by atoms with Gasteiger partial charge >= 0.3 is 0 Å². The standard InChI is InChI=1S/C27H18Br4ClN9O2/c1-13-6-14(11-33)7-16(25(42)34-2)23(13)36-26(43)22-8-15(38-41(22)24-19(32)4-3-5-35-24)12-40-21-9-17(27(29,30)31)18(28)10-20(21)37-39-40/h3-10H,12H2,1-2H3,(H,34,42)(H,36,43). The van der Waals surface area contributed by atoms with E-state index in [0.29, 0.717) is 16.8 Å². The third-order valence-corrected chi connectivity index (χ3v) is 8.56. The molecule has 0 radical (unpaired) electrons. The zero-order chi connectivity index (χ0) is 31.1. The Bertz CT molecular complexity index is 1960. The van der Waals surface area contributed by atoms with E-state index in [4.69, 9.17) is 11.6 Å². The van der Waals surface area contributed by atoms with Crippen molar-refractivity contribution in [2.24, 2.45) is 0 Å². The molecule has 0 aliphatic heterocycles. The maximum atomic E-state index is 13.8. The molecule has 0 bridgehead atoms. The van der Waals surface area contributed by atoms with E-state index in [1.165, 1.54) is 24.0 Å². The first-order chi connectivity index (χ1) is 20.4. The van der Waals surface area contributed by atoms with Gasteiger partial charge in [0.25, 0.3) is 11.8 Å². The maximum Gasteiger partial charge on any atom is 0.274 e. The van der Waals surface area contributed by atoms with Gasteiger partial charge in [-0.2, -0.15) is 10.4 Å². The number of nitrogens with one attached hydrogen (secondary N) is 2. The molecule has 5 aromatic rings. The van der Waals surface area contributed by atoms with Crippen molar-refractivity contribution in [2.75, 3.05) is 12.4 Å². The number of hydrogen-bond donors (Lipinski definition) is 2. The average Bonchev–Trinajstić information content (AvgIpc) is 3.56. The average molecular weight is 856 g/mol. The molecule has 16 heteroatoms. The van der Waals surface area contributed by atoms with E-state index in [9.17, 15) is 14.9 Å². The summed E-state index contributed by atoms with van der Waals surface area (Å²) < 4.78 is 3.12. The number of hydrogen-bond acceptors (Lipinski definition) is 7. The summed E-state index contributed by atoms with van der Waals surface area (Å²) in [5.74, 6) is -0.794. The molecule has 2 amide bonds. The summed E-state index contributed by atoms with van der Waals surface area (Å²) in [4.78, 5) is 30.8. The lowest BCUT2D eigenvalue weighted by Gasteiger charge is -2.14. The number of carbonyl (C=O) groups is 2. The lowest BCUT2D eigenvalue weighted by Crippen LogP contribution is -2.24. The number of carbonyl (C=O) groups excluding carboxylic acids is 2. The quantitative estimate of drug-likeness (QED) is 0.184. The Morgan fingerprint density at radius 2 is 1.91 bits per heavy atom. The van der Waals surface area contributed by atoms with Crippen LogP contribution >= 0.6 is 75.3 Å². The number of aromatic nitrogens is 6. The van der Waals surface area contributed by atoms with Crippen LogP contribution in [0.5, 0.6) is 0 Å². The van der Waals surface area contributed by atoms with Gasteiger partial charge in [0.15, 0.2) is 7.96 Å². The molecule has 0 aliphatic rings. The first-order valence-electron chi connectivity index (χ1n) is 12.3. The highest BCUT2D eigenvalue weighted by Gasteiger charge is 2.26. The largest absolute Gasteiger partial charge is 0.355 e. The van der Waals surface area contributed by atoms with Gasteiger partial charge in [0.2, 0.25) is 0 Å². The highest BCUT2D eigenvalue weighted by Crippen LogP contribution is 2.48. The van der Waals surface area contributed by atoms with Crippen LogP contribution in [0.3, 0.4) is 0 Å². The first-order valence-corrected chi connectivity index (χ1v) is 15.8. The molecule has 0 atom stereocenters. The van der Waals surface area contributed by atoms with Crippen molar-refractivity contribution in [3.05, 3.63) is 91.8 Å². The number of halogens is 5. The molecule has 0 saturated carbocycles. The van der Waals surface area contributed by atoms with Gasteiger partial charge in [0.05, 0.1) is 45.7 Å². The van der Waals surface area contributed by atoms with Crippen LogP contribution in [0.4, 0.5) is 5.69 Å². The molecule has 0 spiro atoms. The summed E-state index contributed by atoms with van der Waals surface area (Å²) >= 11 is 20.7. The number of anilines is 1. The fraction of sp³-hybridized carbons (Fsp3) is 0.148. The third-order valence-electron chi connectivity index (χ3n) is 6.33. The second-order valence-electron chi connectivity index (χ2n) is 9.17. The highest BCUT2D eigenvalue weighted by atomic mass is 80.0. The summed E-state index contributed by atoms with van der Waals surface area (Å²) in [6.07, 6.45) is 1.54. The first kappa shape index (κ1) is 31.3. The Morgan fingerprint density at radius 3 is 2.58 bits per heavy atom. The van der Waals surface area contributed by atoms with Gasteiger partial charge in [-0.15, -0.1) is 5.10 Å². The second-order valence-corrected chi connectivity index (χ2v) is 17.2. The van der Waals surface area contributed by atoms with Crippen LogP contribution in [0.2, 0.25) is 5.02 Å². The number of pyridine rings is 1. The lowest BCUT2D eigenvalue weighted by atomic mass is 10.0. The molecule has 5 rings (SSSR count). The number of benzene rings is 2. The summed E-state index contributed by atoms with van der Waals surface area (Å²) in [6, 6.07) is 13.7. The Morgan fingerprint density at radius 1 is 1.14 bits per heavy atom. The van der Waals surface area contributed by atoms with E-state index in [1.807, 2.05) is 18.2 Å². The number of alkyl halides is 3. The number of nitrogens with zero attached hydrogens (tertiary/aromatic N) is 7. The number of aryl methyl sites for hydroxylation is 1. The zero-order valence-corrected chi connectivity index (χ0v) is 29.3. The van der Waals surface area contributed by atoms with Gasteiger partial charge in [0.1, 0.15) is 11.2 Å². The van der Waals surface area contributed by atoms with Crippen molar-refractivity contribution in [3.63, 3.8) is 0 Å². The highest BCUT2D eigenvalue weighted by molar-refractivity contribution is 9.38. The molecule has 3 heterocycles. The molecule has 2 N–H and O–H groups in total. The van der Waals surface area contributed by atoms with Crippen LogP contribution in [0.15, 0.2) is 53.1 Å². The molecular weight excluding hydrogens is 837 g/mol. The maximum absolute atomic E-state index is 13.8. The Kier molecular flexibility index (Phi) is 9.05. The molecule has 3 aromatic heterocycles. The molecular formula is C27H18Br4ClN9O2. The SMILES string of the molecule is CNC(=O)c1cc(C#N)cc(C)c1NC(=O)c1cc(Cn2nnc3cc(Br)c(C(Br)(Br)Br)cc32)nn1-c1ncccc1Cl. The lowest BCUT2D eigenvalue weighted by molar-refractivity contribution is 0.0964. The Hall–Kier alpha value is -3.16. The van der Waals surface area contributed by atoms with E-state index < -0.39 is 14.0 Å². The van der Waals surface area contributed by atoms with Crippen molar-refractivity contribution >= 4 is 104 Å². The number of rotatable bonds is 6. The third kappa shape index (κ3) is 6.39. The second kappa shape index (κ2) is 12.4.